The lowest BCUT2D eigenvalue weighted by atomic mass is 9.92. The molecule has 0 saturated carbocycles. The fourth-order valence-electron chi connectivity index (χ4n) is 4.26. The third-order valence-electron chi connectivity index (χ3n) is 5.67. The Morgan fingerprint density at radius 2 is 1.74 bits per heavy atom. The number of para-hydroxylation sites is 1. The Morgan fingerprint density at radius 3 is 2.58 bits per heavy atom. The summed E-state index contributed by atoms with van der Waals surface area (Å²) in [5.74, 6) is -1.87. The van der Waals surface area contributed by atoms with Crippen LogP contribution in [-0.2, 0) is 6.42 Å². The summed E-state index contributed by atoms with van der Waals surface area (Å²) in [5.41, 5.74) is 2.69. The maximum absolute atomic E-state index is 14.8. The van der Waals surface area contributed by atoms with Crippen LogP contribution in [0, 0.1) is 17.5 Å². The lowest BCUT2D eigenvalue weighted by Gasteiger charge is -2.36. The number of urea groups is 1. The van der Waals surface area contributed by atoms with Gasteiger partial charge in [0.25, 0.3) is 0 Å². The predicted octanol–water partition coefficient (Wildman–Crippen LogP) is 5.76. The molecule has 2 heterocycles. The molecule has 1 atom stereocenters. The van der Waals surface area contributed by atoms with E-state index in [4.69, 9.17) is 0 Å². The van der Waals surface area contributed by atoms with Crippen molar-refractivity contribution in [3.63, 3.8) is 0 Å². The summed E-state index contributed by atoms with van der Waals surface area (Å²) in [6.45, 7) is 0.288. The van der Waals surface area contributed by atoms with Crippen LogP contribution in [0.2, 0.25) is 0 Å². The zero-order chi connectivity index (χ0) is 21.5. The van der Waals surface area contributed by atoms with Crippen molar-refractivity contribution in [2.75, 3.05) is 11.9 Å². The van der Waals surface area contributed by atoms with Gasteiger partial charge in [0.2, 0.25) is 0 Å². The van der Waals surface area contributed by atoms with E-state index in [0.29, 0.717) is 17.7 Å². The zero-order valence-corrected chi connectivity index (χ0v) is 16.3. The van der Waals surface area contributed by atoms with E-state index >= 15 is 0 Å². The van der Waals surface area contributed by atoms with Crippen LogP contribution < -0.4 is 5.32 Å². The van der Waals surface area contributed by atoms with Crippen LogP contribution in [-0.4, -0.2) is 22.5 Å². The number of nitrogens with zero attached hydrogens (tertiary/aromatic N) is 1. The van der Waals surface area contributed by atoms with E-state index in [9.17, 15) is 18.0 Å². The lowest BCUT2D eigenvalue weighted by molar-refractivity contribution is 0.191. The minimum absolute atomic E-state index is 0.264. The first-order valence-electron chi connectivity index (χ1n) is 9.89. The van der Waals surface area contributed by atoms with Gasteiger partial charge in [-0.05, 0) is 36.2 Å². The monoisotopic (exact) mass is 421 g/mol. The molecule has 0 saturated heterocycles. The number of benzene rings is 3. The van der Waals surface area contributed by atoms with Gasteiger partial charge >= 0.3 is 6.03 Å². The molecule has 2 N–H and O–H groups in total. The molecule has 1 aliphatic heterocycles. The summed E-state index contributed by atoms with van der Waals surface area (Å²) in [6, 6.07) is 15.5. The number of hydrogen-bond donors (Lipinski definition) is 2. The molecular weight excluding hydrogens is 403 g/mol. The first-order chi connectivity index (χ1) is 15.0. The molecule has 5 rings (SSSR count). The second-order valence-electron chi connectivity index (χ2n) is 7.48. The van der Waals surface area contributed by atoms with Gasteiger partial charge < -0.3 is 15.2 Å². The highest BCUT2D eigenvalue weighted by Gasteiger charge is 2.36. The van der Waals surface area contributed by atoms with Crippen LogP contribution in [0.1, 0.15) is 22.9 Å². The molecular formula is C24H18F3N3O. The average Bonchev–Trinajstić information content (AvgIpc) is 3.15. The second kappa shape index (κ2) is 7.50. The highest BCUT2D eigenvalue weighted by Crippen LogP contribution is 2.39. The van der Waals surface area contributed by atoms with Gasteiger partial charge in [-0.15, -0.1) is 0 Å². The molecule has 31 heavy (non-hydrogen) atoms. The summed E-state index contributed by atoms with van der Waals surface area (Å²) in [7, 11) is 0. The van der Waals surface area contributed by atoms with Crippen molar-refractivity contribution in [3.05, 3.63) is 101 Å². The van der Waals surface area contributed by atoms with Crippen LogP contribution in [0.15, 0.2) is 66.7 Å². The number of fused-ring (bicyclic) bond motifs is 3. The van der Waals surface area contributed by atoms with E-state index in [2.05, 4.69) is 10.3 Å². The number of halogens is 3. The molecule has 0 aliphatic carbocycles. The number of H-pyrrole nitrogens is 1. The summed E-state index contributed by atoms with van der Waals surface area (Å²) < 4.78 is 42.5. The highest BCUT2D eigenvalue weighted by atomic mass is 19.1. The van der Waals surface area contributed by atoms with Crippen molar-refractivity contribution in [1.29, 1.82) is 0 Å². The standard InChI is InChI=1S/C24H18F3N3O/c25-14-9-10-19(27)21(13-14)29-24(31)30-12-11-16-15-5-2-4-8-20(15)28-22(16)23(30)17-6-1-3-7-18(17)26/h1-10,13,23,28H,11-12H2,(H,29,31)/t23-/m1/s1. The molecule has 0 radical (unpaired) electrons. The third kappa shape index (κ3) is 3.32. The summed E-state index contributed by atoms with van der Waals surface area (Å²) in [5, 5.41) is 3.46. The number of rotatable bonds is 2. The van der Waals surface area contributed by atoms with Crippen molar-refractivity contribution in [2.45, 2.75) is 12.5 Å². The number of aromatic nitrogens is 1. The van der Waals surface area contributed by atoms with Crippen molar-refractivity contribution in [2.24, 2.45) is 0 Å². The summed E-state index contributed by atoms with van der Waals surface area (Å²) in [6.07, 6.45) is 0.545. The molecule has 3 aromatic carbocycles. The van der Waals surface area contributed by atoms with Crippen molar-refractivity contribution in [1.82, 2.24) is 9.88 Å². The largest absolute Gasteiger partial charge is 0.356 e. The first-order valence-corrected chi connectivity index (χ1v) is 9.89. The van der Waals surface area contributed by atoms with Crippen molar-refractivity contribution >= 4 is 22.6 Å². The molecule has 156 valence electrons. The minimum Gasteiger partial charge on any atom is -0.356 e. The maximum Gasteiger partial charge on any atom is 0.322 e. The predicted molar refractivity (Wildman–Crippen MR) is 112 cm³/mol. The van der Waals surface area contributed by atoms with Crippen LogP contribution in [0.5, 0.6) is 0 Å². The van der Waals surface area contributed by atoms with E-state index in [1.54, 1.807) is 18.2 Å². The normalized spacial score (nSPS) is 15.7. The van der Waals surface area contributed by atoms with E-state index in [1.165, 1.54) is 11.0 Å². The molecule has 4 aromatic rings. The smallest absolute Gasteiger partial charge is 0.322 e. The lowest BCUT2D eigenvalue weighted by Crippen LogP contribution is -2.43. The quantitative estimate of drug-likeness (QED) is 0.424. The number of aromatic amines is 1. The number of amides is 2. The van der Waals surface area contributed by atoms with Crippen molar-refractivity contribution < 1.29 is 18.0 Å². The topological polar surface area (TPSA) is 48.1 Å². The Morgan fingerprint density at radius 1 is 0.968 bits per heavy atom. The molecule has 0 bridgehead atoms. The Hall–Kier alpha value is -3.74. The van der Waals surface area contributed by atoms with Crippen LogP contribution in [0.3, 0.4) is 0 Å². The van der Waals surface area contributed by atoms with Crippen LogP contribution in [0.4, 0.5) is 23.7 Å². The van der Waals surface area contributed by atoms with E-state index in [-0.39, 0.29) is 12.2 Å². The number of carbonyl (C=O) groups is 1. The van der Waals surface area contributed by atoms with Gasteiger partial charge in [-0.3, -0.25) is 0 Å². The van der Waals surface area contributed by atoms with E-state index in [0.717, 1.165) is 34.7 Å². The summed E-state index contributed by atoms with van der Waals surface area (Å²) >= 11 is 0. The molecule has 0 unspecified atom stereocenters. The van der Waals surface area contributed by atoms with Gasteiger partial charge in [-0.2, -0.15) is 0 Å². The summed E-state index contributed by atoms with van der Waals surface area (Å²) in [4.78, 5) is 17.9. The number of carbonyl (C=O) groups excluding carboxylic acids is 1. The van der Waals surface area contributed by atoms with Gasteiger partial charge in [-0.25, -0.2) is 18.0 Å². The van der Waals surface area contributed by atoms with Gasteiger partial charge in [0.05, 0.1) is 5.69 Å². The maximum atomic E-state index is 14.8. The molecule has 7 heteroatoms. The molecule has 4 nitrogen and oxygen atoms in total. The molecule has 1 aromatic heterocycles. The Kier molecular flexibility index (Phi) is 4.66. The Balaban J connectivity index is 1.60. The number of hydrogen-bond acceptors (Lipinski definition) is 1. The number of anilines is 1. The average molecular weight is 421 g/mol. The van der Waals surface area contributed by atoms with Gasteiger partial charge in [0.1, 0.15) is 23.5 Å². The van der Waals surface area contributed by atoms with Crippen LogP contribution >= 0.6 is 0 Å². The van der Waals surface area contributed by atoms with Gasteiger partial charge in [-0.1, -0.05) is 36.4 Å². The Labute approximate surface area is 176 Å². The van der Waals surface area contributed by atoms with Crippen LogP contribution in [0.25, 0.3) is 10.9 Å². The molecule has 1 aliphatic rings. The van der Waals surface area contributed by atoms with Crippen molar-refractivity contribution in [3.8, 4) is 0 Å². The fourth-order valence-corrected chi connectivity index (χ4v) is 4.26. The minimum atomic E-state index is -0.750. The Bertz CT molecular complexity index is 1300. The SMILES string of the molecule is O=C(Nc1cc(F)ccc1F)N1CCc2c([nH]c3ccccc23)[C@H]1c1ccccc1F. The van der Waals surface area contributed by atoms with Gasteiger partial charge in [0, 0.05) is 34.8 Å². The zero-order valence-electron chi connectivity index (χ0n) is 16.3. The molecule has 0 spiro atoms. The molecule has 2 amide bonds. The first kappa shape index (κ1) is 19.2. The van der Waals surface area contributed by atoms with E-state index < -0.39 is 29.5 Å². The third-order valence-corrected chi connectivity index (χ3v) is 5.67. The second-order valence-corrected chi connectivity index (χ2v) is 7.48. The van der Waals surface area contributed by atoms with Gasteiger partial charge in [0.15, 0.2) is 0 Å². The van der Waals surface area contributed by atoms with E-state index in [1.807, 2.05) is 24.3 Å². The highest BCUT2D eigenvalue weighted by molar-refractivity contribution is 5.91. The fraction of sp³-hybridized carbons (Fsp3) is 0.125. The molecule has 0 fully saturated rings. The number of nitrogens with one attached hydrogen (secondary N) is 2.